The summed E-state index contributed by atoms with van der Waals surface area (Å²) < 4.78 is 27.4. The molecular formula is C23H27ClN2O3S. The maximum Gasteiger partial charge on any atom is 0.253 e. The van der Waals surface area contributed by atoms with E-state index in [1.165, 1.54) is 16.4 Å². The number of hydrogen-bond acceptors (Lipinski definition) is 3. The van der Waals surface area contributed by atoms with E-state index in [4.69, 9.17) is 11.6 Å². The van der Waals surface area contributed by atoms with Crippen molar-refractivity contribution in [2.75, 3.05) is 19.6 Å². The first-order valence-electron chi connectivity index (χ1n) is 10.1. The summed E-state index contributed by atoms with van der Waals surface area (Å²) in [6.07, 6.45) is 3.75. The molecule has 1 heterocycles. The highest BCUT2D eigenvalue weighted by Gasteiger charge is 2.25. The molecule has 3 rings (SSSR count). The normalized spacial score (nSPS) is 17.2. The van der Waals surface area contributed by atoms with Crippen molar-refractivity contribution in [3.05, 3.63) is 77.3 Å². The third-order valence-electron chi connectivity index (χ3n) is 5.29. The maximum atomic E-state index is 13.0. The van der Waals surface area contributed by atoms with Crippen LogP contribution in [0.4, 0.5) is 0 Å². The van der Waals surface area contributed by atoms with Gasteiger partial charge in [0.15, 0.2) is 0 Å². The van der Waals surface area contributed by atoms with Crippen molar-refractivity contribution in [3.8, 4) is 0 Å². The molecule has 0 spiro atoms. The van der Waals surface area contributed by atoms with Gasteiger partial charge in [-0.05, 0) is 60.7 Å². The summed E-state index contributed by atoms with van der Waals surface area (Å²) in [5.41, 5.74) is 1.43. The second-order valence-corrected chi connectivity index (χ2v) is 10.1. The van der Waals surface area contributed by atoms with Crippen LogP contribution in [-0.4, -0.2) is 43.2 Å². The van der Waals surface area contributed by atoms with Crippen LogP contribution in [0.2, 0.25) is 5.02 Å². The number of piperidine rings is 1. The van der Waals surface area contributed by atoms with Crippen LogP contribution in [0, 0.1) is 5.92 Å². The Bertz CT molecular complexity index is 988. The highest BCUT2D eigenvalue weighted by atomic mass is 35.5. The van der Waals surface area contributed by atoms with E-state index in [0.29, 0.717) is 16.5 Å². The topological polar surface area (TPSA) is 57.7 Å². The van der Waals surface area contributed by atoms with Gasteiger partial charge < -0.3 is 4.90 Å². The second-order valence-electron chi connectivity index (χ2n) is 7.74. The minimum Gasteiger partial charge on any atom is -0.338 e. The van der Waals surface area contributed by atoms with Gasteiger partial charge in [-0.15, -0.1) is 6.58 Å². The lowest BCUT2D eigenvalue weighted by Gasteiger charge is -2.31. The Morgan fingerprint density at radius 2 is 1.87 bits per heavy atom. The summed E-state index contributed by atoms with van der Waals surface area (Å²) in [6, 6.07) is 13.3. The Balaban J connectivity index is 1.75. The molecule has 1 aliphatic heterocycles. The average molecular weight is 447 g/mol. The number of benzene rings is 2. The average Bonchev–Trinajstić information content (AvgIpc) is 2.74. The Morgan fingerprint density at radius 1 is 1.20 bits per heavy atom. The zero-order chi connectivity index (χ0) is 21.7. The number of hydrogen-bond donors (Lipinski definition) is 0. The SMILES string of the molecule is C=CCN(Cc1ccc(C(=O)N2CCCC(C)C2)cc1)S(=O)(=O)c1ccc(Cl)cc1. The predicted molar refractivity (Wildman–Crippen MR) is 120 cm³/mol. The van der Waals surface area contributed by atoms with Crippen LogP contribution in [0.3, 0.4) is 0 Å². The van der Waals surface area contributed by atoms with Crippen molar-refractivity contribution >= 4 is 27.5 Å². The van der Waals surface area contributed by atoms with Gasteiger partial charge in [-0.25, -0.2) is 8.42 Å². The lowest BCUT2D eigenvalue weighted by atomic mass is 9.99. The summed E-state index contributed by atoms with van der Waals surface area (Å²) in [4.78, 5) is 14.8. The Hall–Kier alpha value is -2.15. The first kappa shape index (κ1) is 22.5. The largest absolute Gasteiger partial charge is 0.338 e. The summed E-state index contributed by atoms with van der Waals surface area (Å²) in [6.45, 7) is 7.78. The predicted octanol–water partition coefficient (Wildman–Crippen LogP) is 4.59. The van der Waals surface area contributed by atoms with E-state index in [2.05, 4.69) is 13.5 Å². The molecule has 1 amide bonds. The fourth-order valence-corrected chi connectivity index (χ4v) is 5.18. The van der Waals surface area contributed by atoms with Crippen molar-refractivity contribution in [1.29, 1.82) is 0 Å². The van der Waals surface area contributed by atoms with E-state index in [1.807, 2.05) is 17.0 Å². The molecule has 0 bridgehead atoms. The van der Waals surface area contributed by atoms with Crippen molar-refractivity contribution in [2.24, 2.45) is 5.92 Å². The fraction of sp³-hybridized carbons (Fsp3) is 0.348. The Labute approximate surface area is 184 Å². The molecule has 1 aliphatic rings. The van der Waals surface area contributed by atoms with Crippen LogP contribution >= 0.6 is 11.6 Å². The number of nitrogens with zero attached hydrogens (tertiary/aromatic N) is 2. The number of carbonyl (C=O) groups excluding carboxylic acids is 1. The van der Waals surface area contributed by atoms with Gasteiger partial charge in [0.1, 0.15) is 0 Å². The molecule has 1 fully saturated rings. The molecular weight excluding hydrogens is 420 g/mol. The fourth-order valence-electron chi connectivity index (χ4n) is 3.66. The molecule has 0 N–H and O–H groups in total. The minimum absolute atomic E-state index is 0.0323. The second kappa shape index (κ2) is 9.77. The number of carbonyl (C=O) groups is 1. The Morgan fingerprint density at radius 3 is 2.47 bits per heavy atom. The summed E-state index contributed by atoms with van der Waals surface area (Å²) in [7, 11) is -3.70. The molecule has 2 aromatic carbocycles. The van der Waals surface area contributed by atoms with Crippen LogP contribution in [0.15, 0.2) is 66.1 Å². The molecule has 0 radical (unpaired) electrons. The van der Waals surface area contributed by atoms with Crippen LogP contribution in [0.1, 0.15) is 35.7 Å². The number of halogens is 1. The lowest BCUT2D eigenvalue weighted by Crippen LogP contribution is -2.39. The van der Waals surface area contributed by atoms with Gasteiger partial charge >= 0.3 is 0 Å². The highest BCUT2D eigenvalue weighted by Crippen LogP contribution is 2.22. The van der Waals surface area contributed by atoms with Gasteiger partial charge in [0, 0.05) is 36.8 Å². The van der Waals surface area contributed by atoms with E-state index in [-0.39, 0.29) is 23.9 Å². The summed E-state index contributed by atoms with van der Waals surface area (Å²) in [5, 5.41) is 0.479. The van der Waals surface area contributed by atoms with E-state index >= 15 is 0 Å². The molecule has 2 aromatic rings. The molecule has 7 heteroatoms. The monoisotopic (exact) mass is 446 g/mol. The summed E-state index contributed by atoms with van der Waals surface area (Å²) in [5.74, 6) is 0.553. The number of sulfonamides is 1. The van der Waals surface area contributed by atoms with Crippen molar-refractivity contribution in [3.63, 3.8) is 0 Å². The van der Waals surface area contributed by atoms with Crippen LogP contribution < -0.4 is 0 Å². The first-order valence-corrected chi connectivity index (χ1v) is 11.9. The van der Waals surface area contributed by atoms with Crippen molar-refractivity contribution in [2.45, 2.75) is 31.2 Å². The first-order chi connectivity index (χ1) is 14.3. The molecule has 30 heavy (non-hydrogen) atoms. The van der Waals surface area contributed by atoms with Crippen LogP contribution in [0.25, 0.3) is 0 Å². The number of amides is 1. The molecule has 0 aromatic heterocycles. The molecule has 1 unspecified atom stereocenters. The van der Waals surface area contributed by atoms with Crippen molar-refractivity contribution in [1.82, 2.24) is 9.21 Å². The van der Waals surface area contributed by atoms with E-state index < -0.39 is 10.0 Å². The van der Waals surface area contributed by atoms with Crippen molar-refractivity contribution < 1.29 is 13.2 Å². The third-order valence-corrected chi connectivity index (χ3v) is 7.37. The molecule has 1 atom stereocenters. The zero-order valence-electron chi connectivity index (χ0n) is 17.1. The van der Waals surface area contributed by atoms with Gasteiger partial charge in [0.2, 0.25) is 10.0 Å². The quantitative estimate of drug-likeness (QED) is 0.584. The highest BCUT2D eigenvalue weighted by molar-refractivity contribution is 7.89. The van der Waals surface area contributed by atoms with Gasteiger partial charge in [-0.2, -0.15) is 4.31 Å². The minimum atomic E-state index is -3.70. The third kappa shape index (κ3) is 5.31. The van der Waals surface area contributed by atoms with Crippen LogP contribution in [-0.2, 0) is 16.6 Å². The smallest absolute Gasteiger partial charge is 0.253 e. The standard InChI is InChI=1S/C23H27ClN2O3S/c1-3-14-26(30(28,29)22-12-10-21(24)11-13-22)17-19-6-8-20(9-7-19)23(27)25-15-4-5-18(2)16-25/h3,6-13,18H,1,4-5,14-17H2,2H3. The maximum absolute atomic E-state index is 13.0. The molecule has 160 valence electrons. The van der Waals surface area contributed by atoms with Gasteiger partial charge in [0.05, 0.1) is 4.90 Å². The molecule has 0 saturated carbocycles. The van der Waals surface area contributed by atoms with E-state index in [1.54, 1.807) is 30.3 Å². The zero-order valence-corrected chi connectivity index (χ0v) is 18.7. The van der Waals surface area contributed by atoms with Crippen LogP contribution in [0.5, 0.6) is 0 Å². The van der Waals surface area contributed by atoms with E-state index in [9.17, 15) is 13.2 Å². The molecule has 1 saturated heterocycles. The number of likely N-dealkylation sites (tertiary alicyclic amines) is 1. The van der Waals surface area contributed by atoms with E-state index in [0.717, 1.165) is 31.5 Å². The number of rotatable bonds is 7. The Kier molecular flexibility index (Phi) is 7.34. The summed E-state index contributed by atoms with van der Waals surface area (Å²) >= 11 is 5.88. The van der Waals surface area contributed by atoms with Gasteiger partial charge in [-0.1, -0.05) is 36.7 Å². The van der Waals surface area contributed by atoms with Gasteiger partial charge in [0.25, 0.3) is 5.91 Å². The lowest BCUT2D eigenvalue weighted by molar-refractivity contribution is 0.0683. The molecule has 5 nitrogen and oxygen atoms in total. The van der Waals surface area contributed by atoms with Gasteiger partial charge in [-0.3, -0.25) is 4.79 Å². The molecule has 0 aliphatic carbocycles.